The zero-order valence-corrected chi connectivity index (χ0v) is 16.5. The molecule has 0 spiro atoms. The van der Waals surface area contributed by atoms with Crippen molar-refractivity contribution in [3.63, 3.8) is 0 Å². The number of nitrogens with one attached hydrogen (secondary N) is 1. The second-order valence-corrected chi connectivity index (χ2v) is 6.82. The van der Waals surface area contributed by atoms with E-state index in [9.17, 15) is 4.79 Å². The lowest BCUT2D eigenvalue weighted by molar-refractivity contribution is 0.0940. The fourth-order valence-corrected chi connectivity index (χ4v) is 3.22. The zero-order valence-electron chi connectivity index (χ0n) is 16.5. The Balaban J connectivity index is 1.47. The third-order valence-electron chi connectivity index (χ3n) is 4.70. The summed E-state index contributed by atoms with van der Waals surface area (Å²) in [5.74, 6) is 0.467. The molecule has 4 rings (SSSR count). The van der Waals surface area contributed by atoms with Gasteiger partial charge in [0.25, 0.3) is 5.91 Å². The van der Waals surface area contributed by atoms with E-state index < -0.39 is 0 Å². The van der Waals surface area contributed by atoms with E-state index in [0.717, 1.165) is 27.9 Å². The molecule has 0 unspecified atom stereocenters. The Hall–Kier alpha value is -3.74. The summed E-state index contributed by atoms with van der Waals surface area (Å²) in [7, 11) is 1.58. The van der Waals surface area contributed by atoms with Gasteiger partial charge in [0.1, 0.15) is 5.75 Å². The van der Waals surface area contributed by atoms with Crippen molar-refractivity contribution in [3.8, 4) is 16.9 Å². The van der Waals surface area contributed by atoms with Gasteiger partial charge >= 0.3 is 0 Å². The lowest BCUT2D eigenvalue weighted by Gasteiger charge is -2.10. The van der Waals surface area contributed by atoms with Gasteiger partial charge in [-0.3, -0.25) is 9.78 Å². The SMILES string of the molecule is COc1ccn2nc(C(=O)NCc3ccc(-c4ccnc(C)c4)c(C)c3)nc2c1. The number of hydrogen-bond donors (Lipinski definition) is 1. The van der Waals surface area contributed by atoms with Gasteiger partial charge in [0.15, 0.2) is 5.65 Å². The second kappa shape index (κ2) is 7.71. The highest BCUT2D eigenvalue weighted by Crippen LogP contribution is 2.24. The van der Waals surface area contributed by atoms with E-state index in [-0.39, 0.29) is 11.7 Å². The van der Waals surface area contributed by atoms with Crippen LogP contribution in [0.15, 0.2) is 54.9 Å². The van der Waals surface area contributed by atoms with E-state index in [1.165, 1.54) is 0 Å². The Morgan fingerprint density at radius 2 is 2.00 bits per heavy atom. The average molecular weight is 387 g/mol. The number of ether oxygens (including phenoxy) is 1. The van der Waals surface area contributed by atoms with Gasteiger partial charge in [-0.05, 0) is 54.3 Å². The summed E-state index contributed by atoms with van der Waals surface area (Å²) in [4.78, 5) is 21.0. The molecule has 0 saturated heterocycles. The van der Waals surface area contributed by atoms with Crippen LogP contribution >= 0.6 is 0 Å². The Morgan fingerprint density at radius 3 is 2.76 bits per heavy atom. The van der Waals surface area contributed by atoms with Crippen LogP contribution in [-0.4, -0.2) is 32.6 Å². The van der Waals surface area contributed by atoms with Gasteiger partial charge in [-0.2, -0.15) is 0 Å². The zero-order chi connectivity index (χ0) is 20.4. The fraction of sp³-hybridized carbons (Fsp3) is 0.182. The minimum absolute atomic E-state index is 0.124. The number of nitrogens with zero attached hydrogens (tertiary/aromatic N) is 4. The molecule has 0 aliphatic carbocycles. The van der Waals surface area contributed by atoms with Gasteiger partial charge in [0.05, 0.1) is 7.11 Å². The van der Waals surface area contributed by atoms with E-state index in [1.54, 1.807) is 30.0 Å². The standard InChI is InChI=1S/C22H21N5O2/c1-14-10-16(4-5-19(14)17-6-8-23-15(2)11-17)13-24-22(28)21-25-20-12-18(29-3)7-9-27(20)26-21/h4-12H,13H2,1-3H3,(H,24,28). The van der Waals surface area contributed by atoms with Crippen molar-refractivity contribution in [1.82, 2.24) is 24.9 Å². The molecule has 3 aromatic heterocycles. The molecule has 1 amide bonds. The second-order valence-electron chi connectivity index (χ2n) is 6.82. The normalized spacial score (nSPS) is 10.9. The summed E-state index contributed by atoms with van der Waals surface area (Å²) < 4.78 is 6.72. The molecule has 0 bridgehead atoms. The predicted octanol–water partition coefficient (Wildman–Crippen LogP) is 3.35. The van der Waals surface area contributed by atoms with Crippen LogP contribution < -0.4 is 10.1 Å². The molecule has 0 atom stereocenters. The van der Waals surface area contributed by atoms with E-state index in [2.05, 4.69) is 45.5 Å². The van der Waals surface area contributed by atoms with E-state index in [1.807, 2.05) is 25.3 Å². The van der Waals surface area contributed by atoms with Gasteiger partial charge in [-0.1, -0.05) is 18.2 Å². The summed E-state index contributed by atoms with van der Waals surface area (Å²) in [6, 6.07) is 13.7. The maximum atomic E-state index is 12.5. The number of hydrogen-bond acceptors (Lipinski definition) is 5. The van der Waals surface area contributed by atoms with E-state index in [0.29, 0.717) is 17.9 Å². The van der Waals surface area contributed by atoms with Crippen LogP contribution in [0.4, 0.5) is 0 Å². The monoisotopic (exact) mass is 387 g/mol. The summed E-state index contributed by atoms with van der Waals surface area (Å²) in [6.07, 6.45) is 3.52. The first-order chi connectivity index (χ1) is 14.0. The number of methoxy groups -OCH3 is 1. The van der Waals surface area contributed by atoms with Crippen molar-refractivity contribution in [2.45, 2.75) is 20.4 Å². The topological polar surface area (TPSA) is 81.4 Å². The van der Waals surface area contributed by atoms with Gasteiger partial charge in [0, 0.05) is 30.7 Å². The molecule has 0 aliphatic heterocycles. The molecule has 146 valence electrons. The summed E-state index contributed by atoms with van der Waals surface area (Å²) in [6.45, 7) is 4.44. The Kier molecular flexibility index (Phi) is 4.95. The Bertz CT molecular complexity index is 1200. The van der Waals surface area contributed by atoms with E-state index in [4.69, 9.17) is 4.74 Å². The number of carbonyl (C=O) groups excluding carboxylic acids is 1. The quantitative estimate of drug-likeness (QED) is 0.568. The molecule has 7 nitrogen and oxygen atoms in total. The number of carbonyl (C=O) groups is 1. The lowest BCUT2D eigenvalue weighted by atomic mass is 9.98. The highest BCUT2D eigenvalue weighted by molar-refractivity contribution is 5.90. The molecular weight excluding hydrogens is 366 g/mol. The minimum atomic E-state index is -0.320. The maximum absolute atomic E-state index is 12.5. The molecule has 1 aromatic carbocycles. The predicted molar refractivity (Wildman–Crippen MR) is 110 cm³/mol. The van der Waals surface area contributed by atoms with Crippen LogP contribution in [0.5, 0.6) is 5.75 Å². The molecular formula is C22H21N5O2. The van der Waals surface area contributed by atoms with Crippen molar-refractivity contribution in [3.05, 3.63) is 77.5 Å². The molecule has 7 heteroatoms. The lowest BCUT2D eigenvalue weighted by Crippen LogP contribution is -2.24. The fourth-order valence-electron chi connectivity index (χ4n) is 3.22. The van der Waals surface area contributed by atoms with Gasteiger partial charge in [-0.25, -0.2) is 9.50 Å². The number of amides is 1. The van der Waals surface area contributed by atoms with Crippen LogP contribution in [0.25, 0.3) is 16.8 Å². The van der Waals surface area contributed by atoms with Crippen molar-refractivity contribution < 1.29 is 9.53 Å². The molecule has 29 heavy (non-hydrogen) atoms. The summed E-state index contributed by atoms with van der Waals surface area (Å²) in [5.41, 5.74) is 5.98. The Labute approximate surface area is 168 Å². The highest BCUT2D eigenvalue weighted by Gasteiger charge is 2.13. The van der Waals surface area contributed by atoms with Crippen molar-refractivity contribution >= 4 is 11.6 Å². The third-order valence-corrected chi connectivity index (χ3v) is 4.70. The molecule has 3 heterocycles. The van der Waals surface area contributed by atoms with Gasteiger partial charge in [-0.15, -0.1) is 5.10 Å². The van der Waals surface area contributed by atoms with Crippen LogP contribution in [0.2, 0.25) is 0 Å². The first-order valence-corrected chi connectivity index (χ1v) is 9.24. The molecule has 0 saturated carbocycles. The van der Waals surface area contributed by atoms with Crippen molar-refractivity contribution in [2.24, 2.45) is 0 Å². The smallest absolute Gasteiger partial charge is 0.291 e. The first-order valence-electron chi connectivity index (χ1n) is 9.24. The summed E-state index contributed by atoms with van der Waals surface area (Å²) in [5, 5.41) is 7.09. The van der Waals surface area contributed by atoms with Crippen molar-refractivity contribution in [2.75, 3.05) is 7.11 Å². The number of fused-ring (bicyclic) bond motifs is 1. The first kappa shape index (κ1) is 18.6. The van der Waals surface area contributed by atoms with E-state index >= 15 is 0 Å². The highest BCUT2D eigenvalue weighted by atomic mass is 16.5. The van der Waals surface area contributed by atoms with Crippen LogP contribution in [0, 0.1) is 13.8 Å². The number of aromatic nitrogens is 4. The number of pyridine rings is 2. The number of benzene rings is 1. The van der Waals surface area contributed by atoms with Crippen LogP contribution in [0.3, 0.4) is 0 Å². The molecule has 1 N–H and O–H groups in total. The van der Waals surface area contributed by atoms with Crippen LogP contribution in [-0.2, 0) is 6.54 Å². The molecule has 0 radical (unpaired) electrons. The van der Waals surface area contributed by atoms with Gasteiger partial charge < -0.3 is 10.1 Å². The molecule has 0 fully saturated rings. The van der Waals surface area contributed by atoms with Gasteiger partial charge in [0.2, 0.25) is 5.82 Å². The maximum Gasteiger partial charge on any atom is 0.291 e. The number of rotatable bonds is 5. The largest absolute Gasteiger partial charge is 0.497 e. The van der Waals surface area contributed by atoms with Crippen molar-refractivity contribution in [1.29, 1.82) is 0 Å². The number of aryl methyl sites for hydroxylation is 2. The Morgan fingerprint density at radius 1 is 1.14 bits per heavy atom. The third kappa shape index (κ3) is 3.94. The minimum Gasteiger partial charge on any atom is -0.497 e. The molecule has 0 aliphatic rings. The average Bonchev–Trinajstić information content (AvgIpc) is 3.15. The molecule has 4 aromatic rings. The summed E-state index contributed by atoms with van der Waals surface area (Å²) >= 11 is 0. The van der Waals surface area contributed by atoms with Crippen LogP contribution in [0.1, 0.15) is 27.4 Å².